The fourth-order valence-electron chi connectivity index (χ4n) is 3.58. The van der Waals surface area contributed by atoms with E-state index in [4.69, 9.17) is 7.58 Å². The van der Waals surface area contributed by atoms with Crippen molar-refractivity contribution in [1.29, 1.82) is 0 Å². The first kappa shape index (κ1) is 27.5. The Bertz CT molecular complexity index is 282. The molecule has 0 fully saturated rings. The average Bonchev–Trinajstić information content (AvgIpc) is 2.56. The molecule has 2 nitrogen and oxygen atoms in total. The molecule has 27 heavy (non-hydrogen) atoms. The van der Waals surface area contributed by atoms with Crippen LogP contribution in [0, 0.1) is 5.92 Å². The first-order valence-electron chi connectivity index (χ1n) is 12.2. The molecule has 0 aliphatic heterocycles. The van der Waals surface area contributed by atoms with Gasteiger partial charge in [-0.2, -0.15) is 0 Å². The van der Waals surface area contributed by atoms with Gasteiger partial charge in [0.2, 0.25) is 0 Å². The largest absolute Gasteiger partial charge is 0.674 e. The van der Waals surface area contributed by atoms with E-state index >= 15 is 0 Å². The van der Waals surface area contributed by atoms with Crippen molar-refractivity contribution in [1.82, 2.24) is 0 Å². The second-order valence-corrected chi connectivity index (χ2v) is 11.3. The normalized spacial score (nSPS) is 11.9. The molecule has 0 aromatic heterocycles. The summed E-state index contributed by atoms with van der Waals surface area (Å²) in [5.41, 5.74) is 0. The van der Waals surface area contributed by atoms with Crippen LogP contribution in [0.25, 0.3) is 0 Å². The van der Waals surface area contributed by atoms with Gasteiger partial charge in [-0.1, -0.05) is 104 Å². The minimum absolute atomic E-state index is 0.306. The summed E-state index contributed by atoms with van der Waals surface area (Å²) in [5, 5.41) is 1.17. The van der Waals surface area contributed by atoms with Crippen molar-refractivity contribution in [2.45, 2.75) is 149 Å². The standard InChI is InChI=1S/C18H37.2C3H7O.Al/c1-4-5-6-7-8-9-10-11-12-13-14-15-16-17-18(2)3;2*1-3(2)4;/h18H,1,4-17H2,2-3H3;2*3H,1-2H3;/q;2*-1;+2. The summed E-state index contributed by atoms with van der Waals surface area (Å²) < 4.78 is 12.0. The average molecular weight is 399 g/mol. The van der Waals surface area contributed by atoms with E-state index in [0.717, 1.165) is 5.92 Å². The van der Waals surface area contributed by atoms with Gasteiger partial charge in [0.05, 0.1) is 0 Å². The summed E-state index contributed by atoms with van der Waals surface area (Å²) >= 11 is -1.44. The van der Waals surface area contributed by atoms with Crippen molar-refractivity contribution >= 4 is 14.8 Å². The molecule has 0 N–H and O–H groups in total. The van der Waals surface area contributed by atoms with E-state index in [1.165, 1.54) is 95.2 Å². The van der Waals surface area contributed by atoms with Crippen molar-refractivity contribution < 1.29 is 7.58 Å². The van der Waals surface area contributed by atoms with Gasteiger partial charge in [-0.05, 0) is 38.9 Å². The maximum Gasteiger partial charge on any atom is 0.674 e. The summed E-state index contributed by atoms with van der Waals surface area (Å²) in [5.74, 6) is 0.884. The van der Waals surface area contributed by atoms with Gasteiger partial charge in [-0.3, -0.25) is 0 Å². The van der Waals surface area contributed by atoms with Crippen LogP contribution >= 0.6 is 0 Å². The van der Waals surface area contributed by atoms with Crippen LogP contribution in [0.15, 0.2) is 0 Å². The van der Waals surface area contributed by atoms with E-state index in [1.54, 1.807) is 0 Å². The molecular weight excluding hydrogens is 347 g/mol. The quantitative estimate of drug-likeness (QED) is 0.151. The molecule has 0 amide bonds. The van der Waals surface area contributed by atoms with E-state index in [1.807, 2.05) is 0 Å². The molecule has 0 aromatic carbocycles. The van der Waals surface area contributed by atoms with Crippen LogP contribution in [0.5, 0.6) is 0 Å². The Morgan fingerprint density at radius 3 is 1.15 bits per heavy atom. The lowest BCUT2D eigenvalue weighted by Crippen LogP contribution is -2.29. The summed E-state index contributed by atoms with van der Waals surface area (Å²) in [6.07, 6.45) is 20.5. The second kappa shape index (κ2) is 19.8. The lowest BCUT2D eigenvalue weighted by molar-refractivity contribution is 0.129. The van der Waals surface area contributed by atoms with Gasteiger partial charge in [0.15, 0.2) is 0 Å². The van der Waals surface area contributed by atoms with Crippen LogP contribution in [0.3, 0.4) is 0 Å². The van der Waals surface area contributed by atoms with E-state index in [0.29, 0.717) is 12.2 Å². The highest BCUT2D eigenvalue weighted by Gasteiger charge is 2.26. The van der Waals surface area contributed by atoms with Crippen molar-refractivity contribution in [3.05, 3.63) is 0 Å². The van der Waals surface area contributed by atoms with Crippen LogP contribution in [0.1, 0.15) is 131 Å². The Balaban J connectivity index is 3.32. The zero-order valence-corrected chi connectivity index (χ0v) is 20.9. The highest BCUT2D eigenvalue weighted by atomic mass is 27.2. The second-order valence-electron chi connectivity index (χ2n) is 9.37. The van der Waals surface area contributed by atoms with Crippen LogP contribution < -0.4 is 0 Å². The molecule has 0 aromatic rings. The van der Waals surface area contributed by atoms with Gasteiger partial charge in [-0.15, -0.1) is 0 Å². The van der Waals surface area contributed by atoms with Gasteiger partial charge >= 0.3 is 14.8 Å². The Kier molecular flexibility index (Phi) is 20.1. The minimum atomic E-state index is -1.44. The molecule has 0 aliphatic rings. The number of hydrogen-bond acceptors (Lipinski definition) is 2. The molecule has 0 spiro atoms. The molecule has 0 heterocycles. The summed E-state index contributed by atoms with van der Waals surface area (Å²) in [6, 6.07) is 0. The molecule has 0 radical (unpaired) electrons. The van der Waals surface area contributed by atoms with Gasteiger partial charge in [-0.25, -0.2) is 0 Å². The molecule has 0 atom stereocenters. The number of hydrogen-bond donors (Lipinski definition) is 0. The van der Waals surface area contributed by atoms with Crippen LogP contribution in [0.2, 0.25) is 5.28 Å². The van der Waals surface area contributed by atoms with Gasteiger partial charge in [0.25, 0.3) is 0 Å². The van der Waals surface area contributed by atoms with Crippen molar-refractivity contribution in [3.8, 4) is 0 Å². The van der Waals surface area contributed by atoms with Gasteiger partial charge in [0, 0.05) is 12.2 Å². The summed E-state index contributed by atoms with van der Waals surface area (Å²) in [7, 11) is 0. The first-order valence-corrected chi connectivity index (χ1v) is 14.0. The number of unbranched alkanes of at least 4 members (excludes halogenated alkanes) is 12. The third-order valence-corrected chi connectivity index (χ3v) is 7.64. The molecule has 0 saturated carbocycles. The predicted octanol–water partition coefficient (Wildman–Crippen LogP) is 8.44. The van der Waals surface area contributed by atoms with Crippen molar-refractivity contribution in [2.24, 2.45) is 5.92 Å². The molecule has 0 rings (SSSR count). The van der Waals surface area contributed by atoms with Crippen molar-refractivity contribution in [3.63, 3.8) is 0 Å². The lowest BCUT2D eigenvalue weighted by atomic mass is 10.0. The Morgan fingerprint density at radius 1 is 0.481 bits per heavy atom. The summed E-state index contributed by atoms with van der Waals surface area (Å²) in [4.78, 5) is 0. The van der Waals surface area contributed by atoms with Crippen molar-refractivity contribution in [2.75, 3.05) is 0 Å². The molecule has 0 unspecified atom stereocenters. The third-order valence-electron chi connectivity index (χ3n) is 5.07. The minimum Gasteiger partial charge on any atom is -0.476 e. The Morgan fingerprint density at radius 2 is 0.815 bits per heavy atom. The van der Waals surface area contributed by atoms with E-state index in [-0.39, 0.29) is 0 Å². The monoisotopic (exact) mass is 398 g/mol. The van der Waals surface area contributed by atoms with Crippen LogP contribution in [-0.4, -0.2) is 27.0 Å². The number of rotatable bonds is 20. The first-order chi connectivity index (χ1) is 12.9. The summed E-state index contributed by atoms with van der Waals surface area (Å²) in [6.45, 7) is 13.2. The smallest absolute Gasteiger partial charge is 0.476 e. The molecule has 162 valence electrons. The van der Waals surface area contributed by atoms with Gasteiger partial charge < -0.3 is 7.58 Å². The predicted molar refractivity (Wildman–Crippen MR) is 122 cm³/mol. The maximum atomic E-state index is 6.00. The zero-order valence-electron chi connectivity index (χ0n) is 19.7. The fourth-order valence-corrected chi connectivity index (χ4v) is 5.76. The van der Waals surface area contributed by atoms with Crippen LogP contribution in [0.4, 0.5) is 0 Å². The van der Waals surface area contributed by atoms with E-state index in [2.05, 4.69) is 41.5 Å². The Labute approximate surface area is 177 Å². The fraction of sp³-hybridized carbons (Fsp3) is 1.00. The molecule has 0 bridgehead atoms. The third kappa shape index (κ3) is 22.6. The highest BCUT2D eigenvalue weighted by molar-refractivity contribution is 6.44. The SMILES string of the molecule is CC(C)CCCCCCCCCCCCCC[CH2][Al]([O]C(C)C)[O]C(C)C. The molecular formula is C24H51AlO2. The lowest BCUT2D eigenvalue weighted by Gasteiger charge is -2.18. The van der Waals surface area contributed by atoms with E-state index < -0.39 is 14.8 Å². The van der Waals surface area contributed by atoms with Crippen LogP contribution in [-0.2, 0) is 7.58 Å². The molecule has 3 heteroatoms. The highest BCUT2D eigenvalue weighted by Crippen LogP contribution is 2.16. The zero-order chi connectivity index (χ0) is 20.3. The van der Waals surface area contributed by atoms with E-state index in [9.17, 15) is 0 Å². The molecule has 0 aliphatic carbocycles. The topological polar surface area (TPSA) is 18.5 Å². The van der Waals surface area contributed by atoms with Gasteiger partial charge in [0.1, 0.15) is 0 Å². The molecule has 0 saturated heterocycles. The maximum absolute atomic E-state index is 6.00. The Hall–Kier alpha value is 0.452.